The summed E-state index contributed by atoms with van der Waals surface area (Å²) in [5, 5.41) is 13.9. The molecule has 26 heavy (non-hydrogen) atoms. The zero-order valence-electron chi connectivity index (χ0n) is 13.9. The van der Waals surface area contributed by atoms with E-state index in [0.717, 1.165) is 16.8 Å². The van der Waals surface area contributed by atoms with Gasteiger partial charge in [0.1, 0.15) is 18.2 Å². The predicted octanol–water partition coefficient (Wildman–Crippen LogP) is 4.93. The normalized spacial score (nSPS) is 10.3. The molecule has 0 aliphatic carbocycles. The average Bonchev–Trinajstić information content (AvgIpc) is 2.66. The first kappa shape index (κ1) is 17.4. The topological polar surface area (TPSA) is 64.4 Å². The summed E-state index contributed by atoms with van der Waals surface area (Å²) in [7, 11) is 0. The molecule has 3 aromatic rings. The molecule has 0 spiro atoms. The van der Waals surface area contributed by atoms with Crippen molar-refractivity contribution in [1.82, 2.24) is 0 Å². The summed E-state index contributed by atoms with van der Waals surface area (Å²) in [4.78, 5) is 10.3. The molecule has 0 fully saturated rings. The van der Waals surface area contributed by atoms with Crippen LogP contribution in [0.2, 0.25) is 0 Å². The van der Waals surface area contributed by atoms with Crippen LogP contribution in [0.3, 0.4) is 0 Å². The van der Waals surface area contributed by atoms with Crippen molar-refractivity contribution in [2.24, 2.45) is 0 Å². The van der Waals surface area contributed by atoms with E-state index in [4.69, 9.17) is 4.74 Å². The van der Waals surface area contributed by atoms with Crippen molar-refractivity contribution in [2.45, 2.75) is 13.2 Å². The van der Waals surface area contributed by atoms with Gasteiger partial charge in [-0.1, -0.05) is 30.3 Å². The van der Waals surface area contributed by atoms with E-state index in [9.17, 15) is 14.5 Å². The number of hydrogen-bond donors (Lipinski definition) is 1. The summed E-state index contributed by atoms with van der Waals surface area (Å²) >= 11 is 0. The van der Waals surface area contributed by atoms with E-state index in [1.54, 1.807) is 24.3 Å². The number of anilines is 1. The molecule has 0 radical (unpaired) electrons. The Morgan fingerprint density at radius 3 is 2.50 bits per heavy atom. The van der Waals surface area contributed by atoms with E-state index in [1.165, 1.54) is 24.3 Å². The number of benzene rings is 3. The summed E-state index contributed by atoms with van der Waals surface area (Å²) in [6, 6.07) is 20.1. The molecule has 1 N–H and O–H groups in total. The van der Waals surface area contributed by atoms with Crippen LogP contribution in [0, 0.1) is 15.9 Å². The van der Waals surface area contributed by atoms with Gasteiger partial charge in [0.25, 0.3) is 5.69 Å². The second kappa shape index (κ2) is 8.11. The van der Waals surface area contributed by atoms with Crippen LogP contribution < -0.4 is 10.1 Å². The van der Waals surface area contributed by atoms with Gasteiger partial charge in [-0.2, -0.15) is 0 Å². The van der Waals surface area contributed by atoms with Crippen LogP contribution in [-0.4, -0.2) is 4.92 Å². The standard InChI is InChI=1S/C20H17FN2O3/c21-17-6-3-4-15(12-17)14-26-20-7-2-1-5-16(20)13-22-18-8-10-19(11-9-18)23(24)25/h1-12,22H,13-14H2. The molecule has 5 nitrogen and oxygen atoms in total. The zero-order chi connectivity index (χ0) is 18.4. The SMILES string of the molecule is O=[N+]([O-])c1ccc(NCc2ccccc2OCc2cccc(F)c2)cc1. The number of para-hydroxylation sites is 1. The van der Waals surface area contributed by atoms with Crippen LogP contribution in [0.1, 0.15) is 11.1 Å². The molecule has 0 aromatic heterocycles. The van der Waals surface area contributed by atoms with Crippen LogP contribution >= 0.6 is 0 Å². The van der Waals surface area contributed by atoms with E-state index >= 15 is 0 Å². The summed E-state index contributed by atoms with van der Waals surface area (Å²) in [5.74, 6) is 0.408. The Bertz CT molecular complexity index is 898. The smallest absolute Gasteiger partial charge is 0.269 e. The molecule has 0 saturated heterocycles. The van der Waals surface area contributed by atoms with Gasteiger partial charge in [0.15, 0.2) is 0 Å². The minimum absolute atomic E-state index is 0.0503. The molecule has 0 unspecified atom stereocenters. The summed E-state index contributed by atoms with van der Waals surface area (Å²) < 4.78 is 19.1. The minimum Gasteiger partial charge on any atom is -0.489 e. The van der Waals surface area contributed by atoms with Crippen molar-refractivity contribution in [1.29, 1.82) is 0 Å². The molecule has 0 aliphatic rings. The fourth-order valence-electron chi connectivity index (χ4n) is 2.48. The lowest BCUT2D eigenvalue weighted by Gasteiger charge is -2.13. The molecule has 0 aliphatic heterocycles. The monoisotopic (exact) mass is 352 g/mol. The van der Waals surface area contributed by atoms with Gasteiger partial charge in [-0.15, -0.1) is 0 Å². The first-order valence-corrected chi connectivity index (χ1v) is 8.05. The largest absolute Gasteiger partial charge is 0.489 e. The van der Waals surface area contributed by atoms with Crippen molar-refractivity contribution in [2.75, 3.05) is 5.32 Å². The second-order valence-corrected chi connectivity index (χ2v) is 5.68. The fourth-order valence-corrected chi connectivity index (χ4v) is 2.48. The Kier molecular flexibility index (Phi) is 5.43. The number of nitrogens with one attached hydrogen (secondary N) is 1. The van der Waals surface area contributed by atoms with Gasteiger partial charge in [0.2, 0.25) is 0 Å². The number of nitro groups is 1. The molecule has 3 rings (SSSR count). The van der Waals surface area contributed by atoms with E-state index < -0.39 is 4.92 Å². The number of rotatable bonds is 7. The van der Waals surface area contributed by atoms with Crippen molar-refractivity contribution in [3.05, 3.63) is 99.9 Å². The highest BCUT2D eigenvalue weighted by Gasteiger charge is 2.06. The summed E-state index contributed by atoms with van der Waals surface area (Å²) in [6.45, 7) is 0.767. The van der Waals surface area contributed by atoms with Crippen LogP contribution in [0.5, 0.6) is 5.75 Å². The maximum Gasteiger partial charge on any atom is 0.269 e. The second-order valence-electron chi connectivity index (χ2n) is 5.68. The molecule has 0 amide bonds. The van der Waals surface area contributed by atoms with Crippen LogP contribution in [0.25, 0.3) is 0 Å². The highest BCUT2D eigenvalue weighted by Crippen LogP contribution is 2.22. The number of ether oxygens (including phenoxy) is 1. The lowest BCUT2D eigenvalue weighted by atomic mass is 10.2. The van der Waals surface area contributed by atoms with Crippen molar-refractivity contribution in [3.8, 4) is 5.75 Å². The Morgan fingerprint density at radius 1 is 1.00 bits per heavy atom. The third-order valence-corrected chi connectivity index (χ3v) is 3.82. The van der Waals surface area contributed by atoms with Gasteiger partial charge in [0.05, 0.1) is 4.92 Å². The van der Waals surface area contributed by atoms with Gasteiger partial charge in [-0.05, 0) is 35.9 Å². The molecule has 0 atom stereocenters. The summed E-state index contributed by atoms with van der Waals surface area (Å²) in [6.07, 6.45) is 0. The van der Waals surface area contributed by atoms with Crippen LogP contribution in [0.15, 0.2) is 72.8 Å². The summed E-state index contributed by atoms with van der Waals surface area (Å²) in [5.41, 5.74) is 2.51. The van der Waals surface area contributed by atoms with E-state index in [2.05, 4.69) is 5.32 Å². The molecule has 0 bridgehead atoms. The Hall–Kier alpha value is -3.41. The first-order chi connectivity index (χ1) is 12.6. The first-order valence-electron chi connectivity index (χ1n) is 8.05. The maximum absolute atomic E-state index is 13.3. The van der Waals surface area contributed by atoms with Gasteiger partial charge in [0, 0.05) is 29.9 Å². The van der Waals surface area contributed by atoms with Crippen LogP contribution in [0.4, 0.5) is 15.8 Å². The van der Waals surface area contributed by atoms with Gasteiger partial charge < -0.3 is 10.1 Å². The van der Waals surface area contributed by atoms with E-state index in [-0.39, 0.29) is 18.1 Å². The molecule has 132 valence electrons. The molecule has 6 heteroatoms. The minimum atomic E-state index is -0.431. The van der Waals surface area contributed by atoms with Gasteiger partial charge in [-0.25, -0.2) is 4.39 Å². The van der Waals surface area contributed by atoms with Crippen molar-refractivity contribution >= 4 is 11.4 Å². The van der Waals surface area contributed by atoms with Crippen molar-refractivity contribution in [3.63, 3.8) is 0 Å². The fraction of sp³-hybridized carbons (Fsp3) is 0.100. The number of nitro benzene ring substituents is 1. The Balaban J connectivity index is 1.64. The molecule has 0 heterocycles. The lowest BCUT2D eigenvalue weighted by molar-refractivity contribution is -0.384. The van der Waals surface area contributed by atoms with E-state index in [0.29, 0.717) is 12.3 Å². The van der Waals surface area contributed by atoms with Gasteiger partial charge >= 0.3 is 0 Å². The van der Waals surface area contributed by atoms with E-state index in [1.807, 2.05) is 24.3 Å². The lowest BCUT2D eigenvalue weighted by Crippen LogP contribution is -2.04. The molecule has 0 saturated carbocycles. The number of hydrogen-bond acceptors (Lipinski definition) is 4. The highest BCUT2D eigenvalue weighted by atomic mass is 19.1. The quantitative estimate of drug-likeness (QED) is 0.484. The number of nitrogens with zero attached hydrogens (tertiary/aromatic N) is 1. The Labute approximate surface area is 150 Å². The molecular weight excluding hydrogens is 335 g/mol. The van der Waals surface area contributed by atoms with Crippen LogP contribution in [-0.2, 0) is 13.2 Å². The number of halogens is 1. The molecule has 3 aromatic carbocycles. The highest BCUT2D eigenvalue weighted by molar-refractivity contribution is 5.49. The number of non-ortho nitro benzene ring substituents is 1. The predicted molar refractivity (Wildman–Crippen MR) is 97.6 cm³/mol. The average molecular weight is 352 g/mol. The Morgan fingerprint density at radius 2 is 1.77 bits per heavy atom. The third-order valence-electron chi connectivity index (χ3n) is 3.82. The third kappa shape index (κ3) is 4.57. The van der Waals surface area contributed by atoms with Crippen molar-refractivity contribution < 1.29 is 14.1 Å². The maximum atomic E-state index is 13.3. The zero-order valence-corrected chi connectivity index (χ0v) is 13.9. The van der Waals surface area contributed by atoms with Gasteiger partial charge in [-0.3, -0.25) is 10.1 Å². The molecular formula is C20H17FN2O3.